The molecule has 5 aromatic heterocycles. The molecule has 3 atom stereocenters. The van der Waals surface area contributed by atoms with E-state index in [1.165, 1.54) is 31.3 Å². The van der Waals surface area contributed by atoms with Crippen LogP contribution in [0, 0.1) is 5.92 Å². The van der Waals surface area contributed by atoms with Crippen LogP contribution in [-0.2, 0) is 4.74 Å². The van der Waals surface area contributed by atoms with Gasteiger partial charge in [0.25, 0.3) is 11.8 Å². The van der Waals surface area contributed by atoms with Crippen LogP contribution in [-0.4, -0.2) is 61.8 Å². The lowest BCUT2D eigenvalue weighted by Crippen LogP contribution is -2.44. The van der Waals surface area contributed by atoms with E-state index < -0.39 is 29.9 Å². The van der Waals surface area contributed by atoms with Crippen LogP contribution >= 0.6 is 0 Å². The van der Waals surface area contributed by atoms with E-state index in [0.29, 0.717) is 25.3 Å². The molecule has 0 aliphatic carbocycles. The maximum Gasteiger partial charge on any atom is 0.273 e. The number of amides is 2. The van der Waals surface area contributed by atoms with Crippen molar-refractivity contribution >= 4 is 17.7 Å². The molecule has 2 amide bonds. The van der Waals surface area contributed by atoms with E-state index in [1.807, 2.05) is 13.8 Å². The number of nitrogens with one attached hydrogen (secondary N) is 2. The zero-order valence-electron chi connectivity index (χ0n) is 24.8. The number of aromatic nitrogens is 5. The maximum absolute atomic E-state index is 13.3. The van der Waals surface area contributed by atoms with Gasteiger partial charge in [0.1, 0.15) is 50.0 Å². The lowest BCUT2D eigenvalue weighted by molar-refractivity contribution is 0.0917. The van der Waals surface area contributed by atoms with Crippen LogP contribution in [0.15, 0.2) is 58.4 Å². The molecule has 0 aromatic carbocycles. The van der Waals surface area contributed by atoms with Crippen LogP contribution in [0.25, 0.3) is 34.8 Å². The van der Waals surface area contributed by atoms with Crippen molar-refractivity contribution in [3.8, 4) is 34.8 Å². The maximum atomic E-state index is 13.3. The summed E-state index contributed by atoms with van der Waals surface area (Å²) in [6.45, 7) is 4.47. The molecule has 0 fully saturated rings. The SMILES string of the molecule is CC(C)C1NC(=O)c2coc(n2)-c2coc(n2)-c2coc(n2)C(CCCCN)NC(=O)c2coc(n2)-c2coc(n2)C2COC1=N2. The second-order valence-corrected chi connectivity index (χ2v) is 11.1. The highest BCUT2D eigenvalue weighted by molar-refractivity contribution is 5.96. The van der Waals surface area contributed by atoms with Crippen molar-refractivity contribution in [1.29, 1.82) is 0 Å². The summed E-state index contributed by atoms with van der Waals surface area (Å²) in [5.74, 6) is -0.0348. The summed E-state index contributed by atoms with van der Waals surface area (Å²) in [5.41, 5.74) is 6.52. The van der Waals surface area contributed by atoms with Crippen molar-refractivity contribution in [1.82, 2.24) is 35.6 Å². The number of oxazole rings is 5. The first-order chi connectivity index (χ1) is 22.4. The minimum atomic E-state index is -0.622. The zero-order valence-corrected chi connectivity index (χ0v) is 24.8. The van der Waals surface area contributed by atoms with Crippen LogP contribution in [0.3, 0.4) is 0 Å². The fourth-order valence-electron chi connectivity index (χ4n) is 4.97. The predicted octanol–water partition coefficient (Wildman–Crippen LogP) is 3.47. The third-order valence-corrected chi connectivity index (χ3v) is 7.41. The number of nitrogens with zero attached hydrogens (tertiary/aromatic N) is 6. The first-order valence-corrected chi connectivity index (χ1v) is 14.7. The second-order valence-electron chi connectivity index (χ2n) is 11.1. The van der Waals surface area contributed by atoms with Gasteiger partial charge >= 0.3 is 0 Å². The van der Waals surface area contributed by atoms with E-state index in [0.717, 1.165) is 6.42 Å². The van der Waals surface area contributed by atoms with Gasteiger partial charge in [-0.25, -0.2) is 29.9 Å². The molecule has 7 rings (SSSR count). The molecule has 4 N–H and O–H groups in total. The van der Waals surface area contributed by atoms with Crippen LogP contribution in [0.1, 0.15) is 78.0 Å². The average molecular weight is 632 g/mol. The third-order valence-electron chi connectivity index (χ3n) is 7.41. The molecule has 5 aromatic rings. The average Bonchev–Trinajstić information content (AvgIpc) is 3.88. The lowest BCUT2D eigenvalue weighted by Gasteiger charge is -2.21. The highest BCUT2D eigenvalue weighted by Crippen LogP contribution is 2.30. The largest absolute Gasteiger partial charge is 0.477 e. The molecule has 7 heterocycles. The number of hydrogen-bond donors (Lipinski definition) is 3. The molecule has 17 nitrogen and oxygen atoms in total. The number of unbranched alkanes of at least 4 members (excludes halogenated alkanes) is 1. The van der Waals surface area contributed by atoms with E-state index in [-0.39, 0.29) is 70.4 Å². The first-order valence-electron chi connectivity index (χ1n) is 14.7. The Bertz CT molecular complexity index is 1900. The van der Waals surface area contributed by atoms with Crippen molar-refractivity contribution in [2.45, 2.75) is 51.2 Å². The number of carbonyl (C=O) groups is 2. The molecule has 12 bridgehead atoms. The summed E-state index contributed by atoms with van der Waals surface area (Å²) in [6.07, 6.45) is 8.42. The molecule has 2 aliphatic heterocycles. The lowest BCUT2D eigenvalue weighted by atomic mass is 10.0. The fraction of sp³-hybridized carbons (Fsp3) is 0.379. The van der Waals surface area contributed by atoms with E-state index in [4.69, 9.17) is 32.6 Å². The minimum Gasteiger partial charge on any atom is -0.477 e. The molecular formula is C29H29N9O8. The Morgan fingerprint density at radius 1 is 0.739 bits per heavy atom. The van der Waals surface area contributed by atoms with E-state index in [1.54, 1.807) is 0 Å². The van der Waals surface area contributed by atoms with Gasteiger partial charge < -0.3 is 43.2 Å². The van der Waals surface area contributed by atoms with Crippen molar-refractivity contribution in [3.05, 3.63) is 54.5 Å². The molecule has 238 valence electrons. The van der Waals surface area contributed by atoms with Crippen molar-refractivity contribution in [2.75, 3.05) is 13.2 Å². The van der Waals surface area contributed by atoms with Gasteiger partial charge in [-0.05, 0) is 31.7 Å². The highest BCUT2D eigenvalue weighted by atomic mass is 16.5. The molecule has 0 spiro atoms. The van der Waals surface area contributed by atoms with E-state index in [2.05, 4.69) is 40.5 Å². The number of carbonyl (C=O) groups excluding carboxylic acids is 2. The summed E-state index contributed by atoms with van der Waals surface area (Å²) < 4.78 is 34.0. The van der Waals surface area contributed by atoms with Crippen LogP contribution in [0.4, 0.5) is 0 Å². The number of nitrogens with two attached hydrogens (primary N) is 1. The molecular weight excluding hydrogens is 602 g/mol. The molecule has 0 saturated carbocycles. The molecule has 0 saturated heterocycles. The summed E-state index contributed by atoms with van der Waals surface area (Å²) in [7, 11) is 0. The Morgan fingerprint density at radius 3 is 1.93 bits per heavy atom. The van der Waals surface area contributed by atoms with Gasteiger partial charge in [0.2, 0.25) is 35.4 Å². The number of aliphatic imine (C=N–C) groups is 1. The minimum absolute atomic E-state index is 0.0206. The standard InChI is InChI=1S/C29H29N9O8/c1-13(2)21-29-37-20(12-46-29)28-36-17(11-45-28)25-32-15(7-41-25)22(39)31-14(5-3-4-6-30)24-34-19(9-43-24)27-35-18(10-44-27)26-33-16(8-42-26)23(40)38-21/h7-11,13-14,20-21H,3-6,12,30H2,1-2H3,(H,31,39)(H,38,40). The molecule has 3 unspecified atom stereocenters. The van der Waals surface area contributed by atoms with Gasteiger partial charge in [0.15, 0.2) is 34.5 Å². The molecule has 17 heteroatoms. The second kappa shape index (κ2) is 12.1. The molecule has 0 radical (unpaired) electrons. The number of rotatable bonds is 5. The van der Waals surface area contributed by atoms with Gasteiger partial charge in [-0.2, -0.15) is 0 Å². The van der Waals surface area contributed by atoms with Gasteiger partial charge in [-0.1, -0.05) is 13.8 Å². The summed E-state index contributed by atoms with van der Waals surface area (Å²) >= 11 is 0. The van der Waals surface area contributed by atoms with Gasteiger partial charge in [-0.3, -0.25) is 9.59 Å². The van der Waals surface area contributed by atoms with Crippen molar-refractivity contribution in [3.63, 3.8) is 0 Å². The number of hydrogen-bond acceptors (Lipinski definition) is 15. The zero-order chi connectivity index (χ0) is 31.8. The Balaban J connectivity index is 1.25. The Kier molecular flexibility index (Phi) is 7.65. The Labute approximate surface area is 260 Å². The summed E-state index contributed by atoms with van der Waals surface area (Å²) in [5, 5.41) is 5.82. The van der Waals surface area contributed by atoms with E-state index in [9.17, 15) is 9.59 Å². The monoisotopic (exact) mass is 631 g/mol. The van der Waals surface area contributed by atoms with Crippen LogP contribution < -0.4 is 16.4 Å². The normalized spacial score (nSPS) is 19.7. The summed E-state index contributed by atoms with van der Waals surface area (Å²) in [6, 6.07) is -1.78. The highest BCUT2D eigenvalue weighted by Gasteiger charge is 2.34. The van der Waals surface area contributed by atoms with E-state index >= 15 is 0 Å². The predicted molar refractivity (Wildman–Crippen MR) is 155 cm³/mol. The van der Waals surface area contributed by atoms with Crippen molar-refractivity contribution < 1.29 is 36.4 Å². The first kappa shape index (κ1) is 29.1. The molecule has 46 heavy (non-hydrogen) atoms. The van der Waals surface area contributed by atoms with Crippen LogP contribution in [0.2, 0.25) is 0 Å². The van der Waals surface area contributed by atoms with Gasteiger partial charge in [-0.15, -0.1) is 0 Å². The van der Waals surface area contributed by atoms with Crippen LogP contribution in [0.5, 0.6) is 0 Å². The van der Waals surface area contributed by atoms with Gasteiger partial charge in [0.05, 0.1) is 0 Å². The number of ether oxygens (including phenoxy) is 1. The number of fused-ring (bicyclic) bond motifs is 15. The van der Waals surface area contributed by atoms with Gasteiger partial charge in [0, 0.05) is 0 Å². The topological polar surface area (TPSA) is 236 Å². The fourth-order valence-corrected chi connectivity index (χ4v) is 4.97. The van der Waals surface area contributed by atoms with Crippen molar-refractivity contribution in [2.24, 2.45) is 16.6 Å². The quantitative estimate of drug-likeness (QED) is 0.236. The smallest absolute Gasteiger partial charge is 0.273 e. The summed E-state index contributed by atoms with van der Waals surface area (Å²) in [4.78, 5) is 53.1. The Hall–Kier alpha value is -5.58. The third kappa shape index (κ3) is 5.67. The molecule has 2 aliphatic rings. The Morgan fingerprint density at radius 2 is 1.28 bits per heavy atom.